The van der Waals surface area contributed by atoms with Gasteiger partial charge in [-0.15, -0.1) is 5.10 Å². The van der Waals surface area contributed by atoms with Crippen LogP contribution in [0.15, 0.2) is 12.4 Å². The summed E-state index contributed by atoms with van der Waals surface area (Å²) < 4.78 is 11.1. The fourth-order valence-corrected chi connectivity index (χ4v) is 5.49. The van der Waals surface area contributed by atoms with Gasteiger partial charge in [-0.3, -0.25) is 0 Å². The second-order valence-electron chi connectivity index (χ2n) is 2.84. The lowest BCUT2D eigenvalue weighted by atomic mass is 10.6. The van der Waals surface area contributed by atoms with Gasteiger partial charge in [0.1, 0.15) is 0 Å². The van der Waals surface area contributed by atoms with Gasteiger partial charge in [-0.05, 0) is 25.2 Å². The third-order valence-corrected chi connectivity index (χ3v) is 6.97. The van der Waals surface area contributed by atoms with E-state index >= 15 is 0 Å². The van der Waals surface area contributed by atoms with E-state index in [4.69, 9.17) is 32.6 Å². The SMILES string of the molecule is CCCSP(=S)(OCC)On1cc(Cl)cn1. The summed E-state index contributed by atoms with van der Waals surface area (Å²) in [6.07, 6.45) is 4.09. The van der Waals surface area contributed by atoms with Crippen LogP contribution in [0.2, 0.25) is 5.02 Å². The molecule has 1 atom stereocenters. The Kier molecular flexibility index (Phi) is 6.15. The highest BCUT2D eigenvalue weighted by atomic mass is 35.5. The standard InChI is InChI=1S/C8H14ClN2O2PS2/c1-3-5-16-14(15,12-4-2)13-11-7-8(9)6-10-11/h6-7H,3-5H2,1-2H3. The molecule has 16 heavy (non-hydrogen) atoms. The van der Waals surface area contributed by atoms with Crippen LogP contribution in [0.3, 0.4) is 0 Å². The van der Waals surface area contributed by atoms with Crippen LogP contribution in [0.5, 0.6) is 0 Å². The Hall–Kier alpha value is 0.260. The van der Waals surface area contributed by atoms with Crippen LogP contribution < -0.4 is 4.62 Å². The normalized spacial score (nSPS) is 14.7. The number of halogens is 1. The number of hydrogen-bond donors (Lipinski definition) is 0. The molecule has 1 aromatic rings. The van der Waals surface area contributed by atoms with Crippen LogP contribution in [0.25, 0.3) is 0 Å². The van der Waals surface area contributed by atoms with Gasteiger partial charge >= 0.3 is 5.69 Å². The Balaban J connectivity index is 2.66. The van der Waals surface area contributed by atoms with Crippen molar-refractivity contribution >= 4 is 40.5 Å². The van der Waals surface area contributed by atoms with E-state index in [1.165, 1.54) is 22.4 Å². The number of hydrogen-bond acceptors (Lipinski definition) is 5. The molecule has 0 aliphatic heterocycles. The molecular formula is C8H14ClN2O2PS2. The van der Waals surface area contributed by atoms with E-state index < -0.39 is 5.69 Å². The van der Waals surface area contributed by atoms with E-state index in [2.05, 4.69) is 12.0 Å². The Labute approximate surface area is 110 Å². The van der Waals surface area contributed by atoms with E-state index in [1.54, 1.807) is 6.20 Å². The average molecular weight is 301 g/mol. The highest BCUT2D eigenvalue weighted by Crippen LogP contribution is 2.58. The fourth-order valence-electron chi connectivity index (χ4n) is 0.877. The maximum atomic E-state index is 5.74. The second-order valence-corrected chi connectivity index (χ2v) is 9.61. The smallest absolute Gasteiger partial charge is 0.321 e. The molecule has 1 unspecified atom stereocenters. The van der Waals surface area contributed by atoms with Crippen LogP contribution in [0.4, 0.5) is 0 Å². The predicted molar refractivity (Wildman–Crippen MR) is 72.5 cm³/mol. The summed E-state index contributed by atoms with van der Waals surface area (Å²) in [6, 6.07) is 0. The molecule has 0 aromatic carbocycles. The van der Waals surface area contributed by atoms with Crippen LogP contribution in [-0.2, 0) is 16.3 Å². The highest BCUT2D eigenvalue weighted by Gasteiger charge is 2.21. The Morgan fingerprint density at radius 3 is 2.88 bits per heavy atom. The molecule has 0 saturated carbocycles. The summed E-state index contributed by atoms with van der Waals surface area (Å²) in [5.41, 5.74) is -2.35. The lowest BCUT2D eigenvalue weighted by molar-refractivity contribution is 0.214. The van der Waals surface area contributed by atoms with Crippen molar-refractivity contribution in [1.29, 1.82) is 0 Å². The molecule has 92 valence electrons. The first-order chi connectivity index (χ1) is 7.59. The van der Waals surface area contributed by atoms with Crippen molar-refractivity contribution in [3.8, 4) is 0 Å². The van der Waals surface area contributed by atoms with Gasteiger partial charge < -0.3 is 9.15 Å². The molecule has 0 fully saturated rings. The quantitative estimate of drug-likeness (QED) is 0.722. The van der Waals surface area contributed by atoms with Crippen molar-refractivity contribution in [2.75, 3.05) is 12.4 Å². The first-order valence-corrected chi connectivity index (χ1v) is 9.49. The highest BCUT2D eigenvalue weighted by molar-refractivity contribution is 8.67. The number of nitrogens with zero attached hydrogens (tertiary/aromatic N) is 2. The topological polar surface area (TPSA) is 36.3 Å². The molecule has 8 heteroatoms. The second kappa shape index (κ2) is 6.87. The summed E-state index contributed by atoms with van der Waals surface area (Å²) in [7, 11) is 0. The van der Waals surface area contributed by atoms with E-state index in [-0.39, 0.29) is 0 Å². The van der Waals surface area contributed by atoms with Crippen LogP contribution in [0.1, 0.15) is 20.3 Å². The maximum Gasteiger partial charge on any atom is 0.321 e. The zero-order valence-electron chi connectivity index (χ0n) is 9.13. The Morgan fingerprint density at radius 1 is 1.62 bits per heavy atom. The van der Waals surface area contributed by atoms with Gasteiger partial charge in [0.25, 0.3) is 0 Å². The molecular weight excluding hydrogens is 287 g/mol. The van der Waals surface area contributed by atoms with E-state index in [0.717, 1.165) is 12.2 Å². The number of aromatic nitrogens is 2. The van der Waals surface area contributed by atoms with Crippen molar-refractivity contribution in [2.24, 2.45) is 0 Å². The Bertz CT molecular complexity index is 375. The molecule has 0 aliphatic carbocycles. The summed E-state index contributed by atoms with van der Waals surface area (Å²) >= 11 is 12.7. The molecule has 1 heterocycles. The van der Waals surface area contributed by atoms with E-state index in [9.17, 15) is 0 Å². The summed E-state index contributed by atoms with van der Waals surface area (Å²) in [5.74, 6) is 0.909. The largest absolute Gasteiger partial charge is 0.331 e. The predicted octanol–water partition coefficient (Wildman–Crippen LogP) is 3.37. The first kappa shape index (κ1) is 14.3. The minimum Gasteiger partial charge on any atom is -0.331 e. The lowest BCUT2D eigenvalue weighted by Gasteiger charge is -2.19. The zero-order valence-corrected chi connectivity index (χ0v) is 12.4. The van der Waals surface area contributed by atoms with Gasteiger partial charge in [0.05, 0.1) is 24.0 Å². The molecule has 1 rings (SSSR count). The molecule has 0 radical (unpaired) electrons. The van der Waals surface area contributed by atoms with Crippen molar-refractivity contribution in [3.05, 3.63) is 17.4 Å². The lowest BCUT2D eigenvalue weighted by Crippen LogP contribution is -2.09. The van der Waals surface area contributed by atoms with Gasteiger partial charge in [-0.2, -0.15) is 0 Å². The summed E-state index contributed by atoms with van der Waals surface area (Å²) in [6.45, 7) is 4.51. The monoisotopic (exact) mass is 300 g/mol. The molecule has 0 N–H and O–H groups in total. The minimum absolute atomic E-state index is 0.513. The molecule has 0 aliphatic rings. The van der Waals surface area contributed by atoms with Gasteiger partial charge in [-0.1, -0.05) is 34.8 Å². The van der Waals surface area contributed by atoms with Gasteiger partial charge in [0.15, 0.2) is 0 Å². The third-order valence-electron chi connectivity index (χ3n) is 1.45. The average Bonchev–Trinajstić information content (AvgIpc) is 2.61. The molecule has 0 saturated heterocycles. The third kappa shape index (κ3) is 4.63. The van der Waals surface area contributed by atoms with Gasteiger partial charge in [0.2, 0.25) is 0 Å². The molecule has 4 nitrogen and oxygen atoms in total. The Morgan fingerprint density at radius 2 is 2.38 bits per heavy atom. The van der Waals surface area contributed by atoms with E-state index in [1.807, 2.05) is 6.92 Å². The van der Waals surface area contributed by atoms with E-state index in [0.29, 0.717) is 11.6 Å². The van der Waals surface area contributed by atoms with Crippen LogP contribution in [0, 0.1) is 0 Å². The summed E-state index contributed by atoms with van der Waals surface area (Å²) in [4.78, 5) is 1.28. The van der Waals surface area contributed by atoms with Crippen LogP contribution in [-0.4, -0.2) is 22.3 Å². The molecule has 0 bridgehead atoms. The van der Waals surface area contributed by atoms with Gasteiger partial charge in [-0.25, -0.2) is 0 Å². The van der Waals surface area contributed by atoms with Crippen molar-refractivity contribution < 1.29 is 9.15 Å². The number of rotatable bonds is 7. The fraction of sp³-hybridized carbons (Fsp3) is 0.625. The van der Waals surface area contributed by atoms with Crippen molar-refractivity contribution in [2.45, 2.75) is 20.3 Å². The molecule has 0 amide bonds. The molecule has 0 spiro atoms. The van der Waals surface area contributed by atoms with Gasteiger partial charge in [0, 0.05) is 5.75 Å². The summed E-state index contributed by atoms with van der Waals surface area (Å²) in [5, 5.41) is 4.43. The maximum absolute atomic E-state index is 5.74. The zero-order chi connectivity index (χ0) is 12.0. The van der Waals surface area contributed by atoms with Crippen LogP contribution >= 0.6 is 28.7 Å². The van der Waals surface area contributed by atoms with Crippen molar-refractivity contribution in [3.63, 3.8) is 0 Å². The first-order valence-electron chi connectivity index (χ1n) is 4.89. The minimum atomic E-state index is -2.35. The molecule has 1 aromatic heterocycles. The van der Waals surface area contributed by atoms with Crippen molar-refractivity contribution in [1.82, 2.24) is 9.94 Å².